The first kappa shape index (κ1) is 15.9. The van der Waals surface area contributed by atoms with Crippen molar-refractivity contribution in [2.24, 2.45) is 28.9 Å². The van der Waals surface area contributed by atoms with E-state index in [2.05, 4.69) is 46.9 Å². The van der Waals surface area contributed by atoms with Gasteiger partial charge in [-0.15, -0.1) is 0 Å². The second-order valence-corrected chi connectivity index (χ2v) is 6.51. The van der Waals surface area contributed by atoms with Crippen molar-refractivity contribution in [2.75, 3.05) is 19.6 Å². The Balaban J connectivity index is 3.86. The van der Waals surface area contributed by atoms with Crippen molar-refractivity contribution in [3.05, 3.63) is 0 Å². The highest BCUT2D eigenvalue weighted by Gasteiger charge is 2.22. The number of nitrogens with two attached hydrogens (primary N) is 1. The van der Waals surface area contributed by atoms with Crippen LogP contribution in [0.15, 0.2) is 0 Å². The molecule has 0 aromatic rings. The first-order valence-electron chi connectivity index (χ1n) is 6.70. The van der Waals surface area contributed by atoms with Crippen molar-refractivity contribution in [3.63, 3.8) is 0 Å². The fourth-order valence-corrected chi connectivity index (χ4v) is 1.73. The second kappa shape index (κ2) is 7.29. The average Bonchev–Trinajstić information content (AvgIpc) is 2.15. The van der Waals surface area contributed by atoms with Gasteiger partial charge in [0.05, 0.1) is 0 Å². The van der Waals surface area contributed by atoms with Gasteiger partial charge in [-0.25, -0.2) is 0 Å². The molecule has 0 radical (unpaired) electrons. The summed E-state index contributed by atoms with van der Waals surface area (Å²) in [4.78, 5) is 0. The zero-order valence-corrected chi connectivity index (χ0v) is 12.1. The van der Waals surface area contributed by atoms with Gasteiger partial charge in [-0.1, -0.05) is 41.5 Å². The van der Waals surface area contributed by atoms with E-state index in [0.717, 1.165) is 25.6 Å². The summed E-state index contributed by atoms with van der Waals surface area (Å²) < 4.78 is 0. The van der Waals surface area contributed by atoms with Crippen molar-refractivity contribution in [1.82, 2.24) is 5.32 Å². The monoisotopic (exact) mass is 228 g/mol. The highest BCUT2D eigenvalue weighted by molar-refractivity contribution is 4.76. The maximum absolute atomic E-state index is 5.79. The van der Waals surface area contributed by atoms with Gasteiger partial charge >= 0.3 is 0 Å². The molecule has 0 amide bonds. The van der Waals surface area contributed by atoms with Crippen LogP contribution in [0.25, 0.3) is 0 Å². The van der Waals surface area contributed by atoms with E-state index in [9.17, 15) is 0 Å². The largest absolute Gasteiger partial charge is 0.330 e. The summed E-state index contributed by atoms with van der Waals surface area (Å²) in [5, 5.41) is 3.58. The first-order valence-corrected chi connectivity index (χ1v) is 6.70. The summed E-state index contributed by atoms with van der Waals surface area (Å²) in [6.45, 7) is 16.7. The lowest BCUT2D eigenvalue weighted by molar-refractivity contribution is 0.231. The number of nitrogens with one attached hydrogen (secondary N) is 1. The third-order valence-electron chi connectivity index (χ3n) is 3.71. The molecule has 1 atom stereocenters. The maximum Gasteiger partial charge on any atom is 0.000509 e. The highest BCUT2D eigenvalue weighted by atomic mass is 14.9. The molecule has 0 aliphatic heterocycles. The number of hydrogen-bond donors (Lipinski definition) is 2. The fraction of sp³-hybridized carbons (Fsp3) is 1.00. The van der Waals surface area contributed by atoms with E-state index < -0.39 is 0 Å². The quantitative estimate of drug-likeness (QED) is 0.670. The van der Waals surface area contributed by atoms with Gasteiger partial charge in [-0.05, 0) is 42.7 Å². The van der Waals surface area contributed by atoms with Crippen molar-refractivity contribution in [1.29, 1.82) is 0 Å². The van der Waals surface area contributed by atoms with Crippen molar-refractivity contribution in [3.8, 4) is 0 Å². The van der Waals surface area contributed by atoms with Crippen LogP contribution in [0.5, 0.6) is 0 Å². The zero-order valence-electron chi connectivity index (χ0n) is 12.1. The van der Waals surface area contributed by atoms with Crippen LogP contribution < -0.4 is 11.1 Å². The lowest BCUT2D eigenvalue weighted by atomic mass is 9.81. The van der Waals surface area contributed by atoms with Gasteiger partial charge in [-0.2, -0.15) is 0 Å². The zero-order chi connectivity index (χ0) is 12.8. The van der Waals surface area contributed by atoms with Crippen LogP contribution in [0.4, 0.5) is 0 Å². The summed E-state index contributed by atoms with van der Waals surface area (Å²) in [5.74, 6) is 2.08. The lowest BCUT2D eigenvalue weighted by Gasteiger charge is -2.30. The molecule has 0 fully saturated rings. The topological polar surface area (TPSA) is 38.0 Å². The van der Waals surface area contributed by atoms with E-state index in [4.69, 9.17) is 5.73 Å². The Labute approximate surface area is 102 Å². The molecule has 0 saturated carbocycles. The molecule has 0 aromatic carbocycles. The van der Waals surface area contributed by atoms with Crippen molar-refractivity contribution < 1.29 is 0 Å². The van der Waals surface area contributed by atoms with Crippen LogP contribution in [-0.4, -0.2) is 19.6 Å². The molecule has 0 spiro atoms. The van der Waals surface area contributed by atoms with E-state index in [1.807, 2.05) is 0 Å². The third-order valence-corrected chi connectivity index (χ3v) is 3.71. The molecule has 2 nitrogen and oxygen atoms in total. The highest BCUT2D eigenvalue weighted by Crippen LogP contribution is 2.24. The lowest BCUT2D eigenvalue weighted by Crippen LogP contribution is -2.37. The Morgan fingerprint density at radius 1 is 1.12 bits per heavy atom. The fourth-order valence-electron chi connectivity index (χ4n) is 1.73. The van der Waals surface area contributed by atoms with Gasteiger partial charge in [0.15, 0.2) is 0 Å². The molecule has 3 N–H and O–H groups in total. The minimum absolute atomic E-state index is 0.372. The Hall–Kier alpha value is -0.0800. The van der Waals surface area contributed by atoms with Gasteiger partial charge in [0, 0.05) is 6.54 Å². The normalized spacial score (nSPS) is 14.8. The molecule has 0 aliphatic rings. The molecule has 1 unspecified atom stereocenters. The molecule has 2 heteroatoms. The van der Waals surface area contributed by atoms with E-state index in [0.29, 0.717) is 17.3 Å². The summed E-state index contributed by atoms with van der Waals surface area (Å²) in [6.07, 6.45) is 1.23. The second-order valence-electron chi connectivity index (χ2n) is 6.51. The number of rotatable bonds is 8. The van der Waals surface area contributed by atoms with Crippen molar-refractivity contribution in [2.45, 2.75) is 48.0 Å². The van der Waals surface area contributed by atoms with E-state index in [1.165, 1.54) is 6.42 Å². The maximum atomic E-state index is 5.79. The third kappa shape index (κ3) is 6.49. The first-order chi connectivity index (χ1) is 7.29. The average molecular weight is 228 g/mol. The molecule has 16 heavy (non-hydrogen) atoms. The van der Waals surface area contributed by atoms with Crippen LogP contribution in [0.2, 0.25) is 0 Å². The van der Waals surface area contributed by atoms with Crippen LogP contribution in [0, 0.1) is 23.2 Å². The molecule has 0 rings (SSSR count). The molecule has 0 aliphatic carbocycles. The van der Waals surface area contributed by atoms with Crippen LogP contribution in [-0.2, 0) is 0 Å². The minimum Gasteiger partial charge on any atom is -0.330 e. The Morgan fingerprint density at radius 2 is 1.69 bits per heavy atom. The summed E-state index contributed by atoms with van der Waals surface area (Å²) in [7, 11) is 0. The summed E-state index contributed by atoms with van der Waals surface area (Å²) in [6, 6.07) is 0. The number of hydrogen-bond acceptors (Lipinski definition) is 2. The molecule has 0 saturated heterocycles. The Morgan fingerprint density at radius 3 is 2.06 bits per heavy atom. The van der Waals surface area contributed by atoms with E-state index in [-0.39, 0.29) is 0 Å². The van der Waals surface area contributed by atoms with Crippen LogP contribution in [0.3, 0.4) is 0 Å². The summed E-state index contributed by atoms with van der Waals surface area (Å²) >= 11 is 0. The Kier molecular flexibility index (Phi) is 7.25. The van der Waals surface area contributed by atoms with E-state index >= 15 is 0 Å². The van der Waals surface area contributed by atoms with E-state index in [1.54, 1.807) is 0 Å². The van der Waals surface area contributed by atoms with Crippen LogP contribution in [0.1, 0.15) is 48.0 Å². The smallest absolute Gasteiger partial charge is 0.000509 e. The van der Waals surface area contributed by atoms with Gasteiger partial charge in [0.25, 0.3) is 0 Å². The van der Waals surface area contributed by atoms with Gasteiger partial charge in [0.1, 0.15) is 0 Å². The van der Waals surface area contributed by atoms with Gasteiger partial charge in [-0.3, -0.25) is 0 Å². The molecular formula is C14H32N2. The standard InChI is InChI=1S/C14H32N2/c1-11(2)7-13(8-15)9-16-10-14(5,6)12(3)4/h11-13,16H,7-10,15H2,1-6H3. The van der Waals surface area contributed by atoms with Gasteiger partial charge in [0.2, 0.25) is 0 Å². The van der Waals surface area contributed by atoms with Crippen LogP contribution >= 0.6 is 0 Å². The molecule has 98 valence electrons. The Bertz CT molecular complexity index is 174. The van der Waals surface area contributed by atoms with Gasteiger partial charge < -0.3 is 11.1 Å². The predicted octanol–water partition coefficient (Wildman–Crippen LogP) is 2.88. The molecule has 0 heterocycles. The molecular weight excluding hydrogens is 196 g/mol. The molecule has 0 aromatic heterocycles. The SMILES string of the molecule is CC(C)CC(CN)CNCC(C)(C)C(C)C. The minimum atomic E-state index is 0.372. The predicted molar refractivity (Wildman–Crippen MR) is 73.5 cm³/mol. The van der Waals surface area contributed by atoms with Crippen molar-refractivity contribution >= 4 is 0 Å². The molecule has 0 bridgehead atoms. The summed E-state index contributed by atoms with van der Waals surface area (Å²) in [5.41, 5.74) is 6.16.